The predicted molar refractivity (Wildman–Crippen MR) is 105 cm³/mol. The molecule has 0 unspecified atom stereocenters. The third-order valence-electron chi connectivity index (χ3n) is 4.56. The molecular weight excluding hydrogens is 328 g/mol. The maximum atomic E-state index is 12.2. The molecule has 0 radical (unpaired) electrons. The Morgan fingerprint density at radius 3 is 2.19 bits per heavy atom. The summed E-state index contributed by atoms with van der Waals surface area (Å²) < 4.78 is 0. The van der Waals surface area contributed by atoms with Gasteiger partial charge in [-0.2, -0.15) is 0 Å². The van der Waals surface area contributed by atoms with Crippen LogP contribution < -0.4 is 15.5 Å². The standard InChI is InChI=1S/C20H24N4O2/c1-15-14-17(24-12-10-23(2)11-13-24)8-9-18(15)22-20(26)19(25)21-16-6-4-3-5-7-16/h3-9,14H,10-13H2,1-2H3,(H,21,25)(H,22,26). The molecule has 0 atom stereocenters. The number of anilines is 3. The highest BCUT2D eigenvalue weighted by molar-refractivity contribution is 6.43. The summed E-state index contributed by atoms with van der Waals surface area (Å²) in [5, 5.41) is 5.27. The molecule has 3 rings (SSSR count). The second kappa shape index (κ2) is 8.01. The Morgan fingerprint density at radius 2 is 1.54 bits per heavy atom. The van der Waals surface area contributed by atoms with Gasteiger partial charge in [0.1, 0.15) is 0 Å². The number of nitrogens with zero attached hydrogens (tertiary/aromatic N) is 2. The maximum Gasteiger partial charge on any atom is 0.314 e. The summed E-state index contributed by atoms with van der Waals surface area (Å²) in [7, 11) is 2.13. The van der Waals surface area contributed by atoms with Gasteiger partial charge in [0.25, 0.3) is 0 Å². The highest BCUT2D eigenvalue weighted by Gasteiger charge is 2.17. The van der Waals surface area contributed by atoms with Gasteiger partial charge in [-0.05, 0) is 49.9 Å². The fourth-order valence-electron chi connectivity index (χ4n) is 2.94. The zero-order valence-corrected chi connectivity index (χ0v) is 15.2. The third-order valence-corrected chi connectivity index (χ3v) is 4.56. The minimum atomic E-state index is -0.682. The number of amides is 2. The maximum absolute atomic E-state index is 12.2. The number of hydrogen-bond acceptors (Lipinski definition) is 4. The topological polar surface area (TPSA) is 64.7 Å². The van der Waals surface area contributed by atoms with E-state index in [1.807, 2.05) is 25.1 Å². The predicted octanol–water partition coefficient (Wildman–Crippen LogP) is 2.32. The number of carbonyl (C=O) groups is 2. The van der Waals surface area contributed by atoms with Gasteiger partial charge >= 0.3 is 11.8 Å². The van der Waals surface area contributed by atoms with E-state index in [4.69, 9.17) is 0 Å². The lowest BCUT2D eigenvalue weighted by atomic mass is 10.1. The molecule has 136 valence electrons. The van der Waals surface area contributed by atoms with Gasteiger partial charge in [0.15, 0.2) is 0 Å². The second-order valence-corrected chi connectivity index (χ2v) is 6.56. The van der Waals surface area contributed by atoms with Crippen LogP contribution in [0, 0.1) is 6.92 Å². The Balaban J connectivity index is 1.62. The number of aryl methyl sites for hydroxylation is 1. The van der Waals surface area contributed by atoms with Gasteiger partial charge in [-0.3, -0.25) is 9.59 Å². The SMILES string of the molecule is Cc1cc(N2CCN(C)CC2)ccc1NC(=O)C(=O)Nc1ccccc1. The van der Waals surface area contributed by atoms with E-state index in [1.165, 1.54) is 0 Å². The van der Waals surface area contributed by atoms with E-state index in [1.54, 1.807) is 24.3 Å². The first-order chi connectivity index (χ1) is 12.5. The van der Waals surface area contributed by atoms with Gasteiger partial charge in [0.05, 0.1) is 0 Å². The van der Waals surface area contributed by atoms with Crippen molar-refractivity contribution in [1.29, 1.82) is 0 Å². The Kier molecular flexibility index (Phi) is 5.53. The smallest absolute Gasteiger partial charge is 0.314 e. The monoisotopic (exact) mass is 352 g/mol. The molecular formula is C20H24N4O2. The normalized spacial score (nSPS) is 14.8. The van der Waals surface area contributed by atoms with Crippen LogP contribution in [0.1, 0.15) is 5.56 Å². The molecule has 0 aliphatic carbocycles. The van der Waals surface area contributed by atoms with E-state index in [2.05, 4.69) is 33.5 Å². The van der Waals surface area contributed by atoms with Crippen molar-refractivity contribution >= 4 is 28.9 Å². The van der Waals surface area contributed by atoms with Crippen LogP contribution in [0.25, 0.3) is 0 Å². The summed E-state index contributed by atoms with van der Waals surface area (Å²) in [6.07, 6.45) is 0. The zero-order valence-electron chi connectivity index (χ0n) is 15.2. The highest BCUT2D eigenvalue weighted by atomic mass is 16.2. The molecule has 1 heterocycles. The largest absolute Gasteiger partial charge is 0.369 e. The van der Waals surface area contributed by atoms with Crippen LogP contribution in [0.4, 0.5) is 17.1 Å². The number of para-hydroxylation sites is 1. The quantitative estimate of drug-likeness (QED) is 0.832. The second-order valence-electron chi connectivity index (χ2n) is 6.56. The van der Waals surface area contributed by atoms with Gasteiger partial charge in [0.2, 0.25) is 0 Å². The molecule has 0 bridgehead atoms. The van der Waals surface area contributed by atoms with Gasteiger partial charge in [0, 0.05) is 43.2 Å². The lowest BCUT2D eigenvalue weighted by Crippen LogP contribution is -2.44. The zero-order chi connectivity index (χ0) is 18.5. The molecule has 1 aliphatic rings. The van der Waals surface area contributed by atoms with Crippen molar-refractivity contribution in [3.63, 3.8) is 0 Å². The fourth-order valence-corrected chi connectivity index (χ4v) is 2.94. The Morgan fingerprint density at radius 1 is 0.885 bits per heavy atom. The van der Waals surface area contributed by atoms with Crippen molar-refractivity contribution in [1.82, 2.24) is 4.90 Å². The number of piperazine rings is 1. The number of benzene rings is 2. The van der Waals surface area contributed by atoms with E-state index in [-0.39, 0.29) is 0 Å². The summed E-state index contributed by atoms with van der Waals surface area (Å²) in [4.78, 5) is 28.8. The van der Waals surface area contributed by atoms with E-state index in [9.17, 15) is 9.59 Å². The summed E-state index contributed by atoms with van der Waals surface area (Å²) >= 11 is 0. The van der Waals surface area contributed by atoms with E-state index in [0.29, 0.717) is 11.4 Å². The number of likely N-dealkylation sites (N-methyl/N-ethyl adjacent to an activating group) is 1. The molecule has 2 aromatic rings. The molecule has 0 saturated carbocycles. The summed E-state index contributed by atoms with van der Waals surface area (Å²) in [5.74, 6) is -1.36. The van der Waals surface area contributed by atoms with Gasteiger partial charge in [-0.25, -0.2) is 0 Å². The van der Waals surface area contributed by atoms with Gasteiger partial charge in [-0.15, -0.1) is 0 Å². The summed E-state index contributed by atoms with van der Waals surface area (Å²) in [6.45, 7) is 5.99. The van der Waals surface area contributed by atoms with Crippen LogP contribution in [0.15, 0.2) is 48.5 Å². The number of carbonyl (C=O) groups excluding carboxylic acids is 2. The van der Waals surface area contributed by atoms with Crippen molar-refractivity contribution in [2.24, 2.45) is 0 Å². The van der Waals surface area contributed by atoms with Crippen LogP contribution >= 0.6 is 0 Å². The lowest BCUT2D eigenvalue weighted by molar-refractivity contribution is -0.133. The van der Waals surface area contributed by atoms with Crippen molar-refractivity contribution < 1.29 is 9.59 Å². The molecule has 26 heavy (non-hydrogen) atoms. The first-order valence-corrected chi connectivity index (χ1v) is 8.74. The third kappa shape index (κ3) is 4.40. The molecule has 0 spiro atoms. The van der Waals surface area contributed by atoms with E-state index in [0.717, 1.165) is 37.4 Å². The molecule has 1 fully saturated rings. The molecule has 6 heteroatoms. The number of rotatable bonds is 3. The van der Waals surface area contributed by atoms with Crippen LogP contribution in [-0.4, -0.2) is 49.9 Å². The van der Waals surface area contributed by atoms with Crippen molar-refractivity contribution in [2.45, 2.75) is 6.92 Å². The Labute approximate surface area is 153 Å². The van der Waals surface area contributed by atoms with E-state index < -0.39 is 11.8 Å². The number of nitrogens with one attached hydrogen (secondary N) is 2. The lowest BCUT2D eigenvalue weighted by Gasteiger charge is -2.34. The number of hydrogen-bond donors (Lipinski definition) is 2. The first kappa shape index (κ1) is 17.9. The van der Waals surface area contributed by atoms with Crippen LogP contribution in [0.3, 0.4) is 0 Å². The van der Waals surface area contributed by atoms with Crippen molar-refractivity contribution in [3.05, 3.63) is 54.1 Å². The van der Waals surface area contributed by atoms with Gasteiger partial charge < -0.3 is 20.4 Å². The molecule has 1 aliphatic heterocycles. The minimum absolute atomic E-state index is 0.592. The molecule has 6 nitrogen and oxygen atoms in total. The summed E-state index contributed by atoms with van der Waals surface area (Å²) in [6, 6.07) is 14.8. The average Bonchev–Trinajstić information content (AvgIpc) is 2.64. The van der Waals surface area contributed by atoms with E-state index >= 15 is 0 Å². The molecule has 0 aromatic heterocycles. The van der Waals surface area contributed by atoms with Gasteiger partial charge in [-0.1, -0.05) is 18.2 Å². The van der Waals surface area contributed by atoms with Crippen molar-refractivity contribution in [3.8, 4) is 0 Å². The highest BCUT2D eigenvalue weighted by Crippen LogP contribution is 2.23. The molecule has 1 saturated heterocycles. The summed E-state index contributed by atoms with van der Waals surface area (Å²) in [5.41, 5.74) is 3.32. The van der Waals surface area contributed by atoms with Crippen LogP contribution in [0.2, 0.25) is 0 Å². The molecule has 2 N–H and O–H groups in total. The first-order valence-electron chi connectivity index (χ1n) is 8.74. The Bertz CT molecular complexity index is 784. The molecule has 2 amide bonds. The Hall–Kier alpha value is -2.86. The molecule has 2 aromatic carbocycles. The van der Waals surface area contributed by atoms with Crippen LogP contribution in [-0.2, 0) is 9.59 Å². The van der Waals surface area contributed by atoms with Crippen molar-refractivity contribution in [2.75, 3.05) is 48.8 Å². The van der Waals surface area contributed by atoms with Crippen LogP contribution in [0.5, 0.6) is 0 Å². The average molecular weight is 352 g/mol. The fraction of sp³-hybridized carbons (Fsp3) is 0.300. The minimum Gasteiger partial charge on any atom is -0.369 e.